The lowest BCUT2D eigenvalue weighted by Gasteiger charge is -2.23. The van der Waals surface area contributed by atoms with Crippen molar-refractivity contribution in [3.63, 3.8) is 0 Å². The number of hydrogen-bond donors (Lipinski definition) is 0. The van der Waals surface area contributed by atoms with E-state index in [9.17, 15) is 9.59 Å². The molecule has 19 heavy (non-hydrogen) atoms. The van der Waals surface area contributed by atoms with Gasteiger partial charge in [0, 0.05) is 27.6 Å². The zero-order valence-corrected chi connectivity index (χ0v) is 11.6. The van der Waals surface area contributed by atoms with Crippen molar-refractivity contribution in [3.8, 4) is 0 Å². The van der Waals surface area contributed by atoms with E-state index in [2.05, 4.69) is 4.98 Å². The number of amides is 2. The van der Waals surface area contributed by atoms with Crippen molar-refractivity contribution < 1.29 is 9.59 Å². The van der Waals surface area contributed by atoms with Gasteiger partial charge in [0.1, 0.15) is 5.69 Å². The summed E-state index contributed by atoms with van der Waals surface area (Å²) in [5.41, 5.74) is 1.23. The number of hydrogen-bond acceptors (Lipinski definition) is 3. The fourth-order valence-corrected chi connectivity index (χ4v) is 2.44. The molecule has 1 aromatic rings. The number of carbonyl (C=O) groups is 2. The zero-order chi connectivity index (χ0) is 14.0. The monoisotopic (exact) mass is 261 g/mol. The van der Waals surface area contributed by atoms with Crippen LogP contribution in [-0.4, -0.2) is 47.2 Å². The van der Waals surface area contributed by atoms with Gasteiger partial charge >= 0.3 is 0 Å². The zero-order valence-electron chi connectivity index (χ0n) is 11.6. The Balaban J connectivity index is 2.28. The van der Waals surface area contributed by atoms with Crippen LogP contribution < -0.4 is 0 Å². The predicted octanol–water partition coefficient (Wildman–Crippen LogP) is 1.47. The Labute approximate surface area is 113 Å². The van der Waals surface area contributed by atoms with Gasteiger partial charge in [-0.05, 0) is 25.0 Å². The van der Waals surface area contributed by atoms with Gasteiger partial charge in [-0.15, -0.1) is 0 Å². The second-order valence-corrected chi connectivity index (χ2v) is 5.02. The summed E-state index contributed by atoms with van der Waals surface area (Å²) < 4.78 is 0. The Hall–Kier alpha value is -1.91. The predicted molar refractivity (Wildman–Crippen MR) is 71.6 cm³/mol. The molecule has 0 spiro atoms. The number of aromatic nitrogens is 1. The fraction of sp³-hybridized carbons (Fsp3) is 0.500. The molecule has 0 radical (unpaired) electrons. The van der Waals surface area contributed by atoms with E-state index in [1.165, 1.54) is 4.90 Å². The molecule has 5 heteroatoms. The normalized spacial score (nSPS) is 18.5. The molecule has 1 atom stereocenters. The van der Waals surface area contributed by atoms with Gasteiger partial charge in [0.2, 0.25) is 5.91 Å². The first kappa shape index (κ1) is 13.5. The summed E-state index contributed by atoms with van der Waals surface area (Å²) in [7, 11) is 3.41. The van der Waals surface area contributed by atoms with E-state index in [1.54, 1.807) is 27.1 Å². The van der Waals surface area contributed by atoms with E-state index >= 15 is 0 Å². The third-order valence-electron chi connectivity index (χ3n) is 3.39. The smallest absolute Gasteiger partial charge is 0.271 e. The van der Waals surface area contributed by atoms with Gasteiger partial charge in [-0.25, -0.2) is 4.98 Å². The Morgan fingerprint density at radius 3 is 2.74 bits per heavy atom. The highest BCUT2D eigenvalue weighted by Crippen LogP contribution is 2.30. The summed E-state index contributed by atoms with van der Waals surface area (Å²) in [5.74, 6) is -0.0529. The van der Waals surface area contributed by atoms with E-state index in [0.717, 1.165) is 25.1 Å². The summed E-state index contributed by atoms with van der Waals surface area (Å²) in [4.78, 5) is 31.2. The molecule has 1 aliphatic rings. The third kappa shape index (κ3) is 2.75. The molecule has 102 valence electrons. The minimum atomic E-state index is -0.116. The Kier molecular flexibility index (Phi) is 3.83. The van der Waals surface area contributed by atoms with Crippen molar-refractivity contribution in [3.05, 3.63) is 29.6 Å². The third-order valence-corrected chi connectivity index (χ3v) is 3.39. The standard InChI is InChI=1S/C14H19N3O2/c1-10(18)17-9-5-8-13(17)11-6-4-7-12(15-11)14(19)16(2)3/h4,6-7,13H,5,8-9H2,1-3H3/t13-/m1/s1. The van der Waals surface area contributed by atoms with Crippen LogP contribution in [0.3, 0.4) is 0 Å². The number of nitrogens with zero attached hydrogens (tertiary/aromatic N) is 3. The van der Waals surface area contributed by atoms with Crippen molar-refractivity contribution in [2.75, 3.05) is 20.6 Å². The van der Waals surface area contributed by atoms with Crippen molar-refractivity contribution in [2.45, 2.75) is 25.8 Å². The SMILES string of the molecule is CC(=O)N1CCC[C@@H]1c1cccc(C(=O)N(C)C)n1. The summed E-state index contributed by atoms with van der Waals surface area (Å²) in [6, 6.07) is 5.43. The van der Waals surface area contributed by atoms with Crippen molar-refractivity contribution >= 4 is 11.8 Å². The lowest BCUT2D eigenvalue weighted by atomic mass is 10.1. The molecule has 1 aromatic heterocycles. The number of carbonyl (C=O) groups excluding carboxylic acids is 2. The lowest BCUT2D eigenvalue weighted by Crippen LogP contribution is -2.29. The fourth-order valence-electron chi connectivity index (χ4n) is 2.44. The maximum atomic E-state index is 11.9. The number of pyridine rings is 1. The molecule has 1 fully saturated rings. The summed E-state index contributed by atoms with van der Waals surface area (Å²) >= 11 is 0. The summed E-state index contributed by atoms with van der Waals surface area (Å²) in [5, 5.41) is 0. The van der Waals surface area contributed by atoms with E-state index in [-0.39, 0.29) is 17.9 Å². The summed E-state index contributed by atoms with van der Waals surface area (Å²) in [6.07, 6.45) is 1.89. The van der Waals surface area contributed by atoms with Crippen LogP contribution in [0.25, 0.3) is 0 Å². The Morgan fingerprint density at radius 1 is 1.37 bits per heavy atom. The van der Waals surface area contributed by atoms with Crippen molar-refractivity contribution in [1.29, 1.82) is 0 Å². The average molecular weight is 261 g/mol. The molecule has 2 heterocycles. The van der Waals surface area contributed by atoms with Gasteiger partial charge in [-0.1, -0.05) is 6.07 Å². The first-order valence-corrected chi connectivity index (χ1v) is 6.46. The largest absolute Gasteiger partial charge is 0.343 e. The van der Waals surface area contributed by atoms with Crippen molar-refractivity contribution in [1.82, 2.24) is 14.8 Å². The summed E-state index contributed by atoms with van der Waals surface area (Å²) in [6.45, 7) is 2.35. The topological polar surface area (TPSA) is 53.5 Å². The van der Waals surface area contributed by atoms with E-state index in [1.807, 2.05) is 17.0 Å². The molecule has 1 aliphatic heterocycles. The van der Waals surface area contributed by atoms with Gasteiger partial charge < -0.3 is 9.80 Å². The Morgan fingerprint density at radius 2 is 2.11 bits per heavy atom. The van der Waals surface area contributed by atoms with Gasteiger partial charge in [0.05, 0.1) is 11.7 Å². The van der Waals surface area contributed by atoms with Crippen LogP contribution in [0.4, 0.5) is 0 Å². The molecule has 0 bridgehead atoms. The van der Waals surface area contributed by atoms with Crippen LogP contribution in [0, 0.1) is 0 Å². The Bertz CT molecular complexity index is 499. The number of rotatable bonds is 2. The van der Waals surface area contributed by atoms with Crippen LogP contribution in [0.5, 0.6) is 0 Å². The molecule has 0 aromatic carbocycles. The van der Waals surface area contributed by atoms with Gasteiger partial charge in [0.15, 0.2) is 0 Å². The molecule has 2 amide bonds. The second kappa shape index (κ2) is 5.38. The van der Waals surface area contributed by atoms with Crippen LogP contribution in [-0.2, 0) is 4.79 Å². The first-order chi connectivity index (χ1) is 9.00. The second-order valence-electron chi connectivity index (χ2n) is 5.02. The molecule has 1 saturated heterocycles. The highest BCUT2D eigenvalue weighted by atomic mass is 16.2. The van der Waals surface area contributed by atoms with Crippen LogP contribution in [0.1, 0.15) is 42.0 Å². The van der Waals surface area contributed by atoms with Crippen molar-refractivity contribution in [2.24, 2.45) is 0 Å². The van der Waals surface area contributed by atoms with Crippen LogP contribution in [0.15, 0.2) is 18.2 Å². The maximum Gasteiger partial charge on any atom is 0.271 e. The van der Waals surface area contributed by atoms with E-state index in [4.69, 9.17) is 0 Å². The molecular weight excluding hydrogens is 242 g/mol. The molecular formula is C14H19N3O2. The lowest BCUT2D eigenvalue weighted by molar-refractivity contribution is -0.129. The van der Waals surface area contributed by atoms with E-state index < -0.39 is 0 Å². The molecule has 0 saturated carbocycles. The van der Waals surface area contributed by atoms with Gasteiger partial charge in [-0.2, -0.15) is 0 Å². The van der Waals surface area contributed by atoms with Crippen LogP contribution >= 0.6 is 0 Å². The molecule has 0 aliphatic carbocycles. The quantitative estimate of drug-likeness (QED) is 0.810. The molecule has 5 nitrogen and oxygen atoms in total. The minimum Gasteiger partial charge on any atom is -0.343 e. The molecule has 0 N–H and O–H groups in total. The van der Waals surface area contributed by atoms with Gasteiger partial charge in [0.25, 0.3) is 5.91 Å². The molecule has 2 rings (SSSR count). The number of likely N-dealkylation sites (tertiary alicyclic amines) is 1. The minimum absolute atomic E-state index is 0.00686. The van der Waals surface area contributed by atoms with E-state index in [0.29, 0.717) is 5.69 Å². The molecule has 0 unspecified atom stereocenters. The highest BCUT2D eigenvalue weighted by molar-refractivity contribution is 5.91. The average Bonchev–Trinajstić information content (AvgIpc) is 2.87. The highest BCUT2D eigenvalue weighted by Gasteiger charge is 2.29. The van der Waals surface area contributed by atoms with Gasteiger partial charge in [-0.3, -0.25) is 9.59 Å². The first-order valence-electron chi connectivity index (χ1n) is 6.46. The maximum absolute atomic E-state index is 11.9. The van der Waals surface area contributed by atoms with Crippen LogP contribution in [0.2, 0.25) is 0 Å².